The molecular weight excluding hydrogens is 871 g/mol. The lowest BCUT2D eigenvalue weighted by Gasteiger charge is -2.40. The number of unbranched alkanes of at least 4 members (excludes halogenated alkanes) is 37. The van der Waals surface area contributed by atoms with Crippen molar-refractivity contribution < 1.29 is 49.3 Å². The van der Waals surface area contributed by atoms with Crippen LogP contribution in [0, 0.1) is 0 Å². The highest BCUT2D eigenvalue weighted by Gasteiger charge is 2.44. The lowest BCUT2D eigenvalue weighted by molar-refractivity contribution is -0.302. The van der Waals surface area contributed by atoms with E-state index >= 15 is 0 Å². The fourth-order valence-corrected chi connectivity index (χ4v) is 9.44. The summed E-state index contributed by atoms with van der Waals surface area (Å²) in [5.41, 5.74) is 0. The van der Waals surface area contributed by atoms with Crippen molar-refractivity contribution in [3.05, 3.63) is 12.2 Å². The summed E-state index contributed by atoms with van der Waals surface area (Å²) in [7, 11) is 0. The molecule has 7 unspecified atom stereocenters. The maximum atomic E-state index is 13.0. The van der Waals surface area contributed by atoms with Gasteiger partial charge in [-0.25, -0.2) is 0 Å². The first kappa shape index (κ1) is 65.4. The van der Waals surface area contributed by atoms with Gasteiger partial charge in [0.05, 0.1) is 32.0 Å². The Bertz CT molecular complexity index is 1160. The first-order valence-corrected chi connectivity index (χ1v) is 29.5. The van der Waals surface area contributed by atoms with E-state index in [0.717, 1.165) is 64.2 Å². The van der Waals surface area contributed by atoms with Crippen molar-refractivity contribution in [1.29, 1.82) is 0 Å². The number of carbonyl (C=O) groups excluding carboxylic acids is 2. The molecule has 0 aliphatic carbocycles. The molecule has 7 atom stereocenters. The number of aliphatic hydroxyl groups is 5. The zero-order valence-corrected chi connectivity index (χ0v) is 44.8. The Balaban J connectivity index is 2.11. The fraction of sp³-hybridized carbons (Fsp3) is 0.931. The van der Waals surface area contributed by atoms with Crippen LogP contribution in [-0.4, -0.2) is 100 Å². The fourth-order valence-electron chi connectivity index (χ4n) is 9.44. The number of aliphatic hydroxyl groups excluding tert-OH is 5. The summed E-state index contributed by atoms with van der Waals surface area (Å²) < 4.78 is 16.7. The van der Waals surface area contributed by atoms with Gasteiger partial charge >= 0.3 is 5.97 Å². The van der Waals surface area contributed by atoms with Gasteiger partial charge in [0.1, 0.15) is 24.4 Å². The molecule has 0 aromatic heterocycles. The molecule has 0 aromatic carbocycles. The van der Waals surface area contributed by atoms with Gasteiger partial charge in [0.25, 0.3) is 0 Å². The number of carbonyl (C=O) groups is 2. The van der Waals surface area contributed by atoms with Crippen molar-refractivity contribution in [3.63, 3.8) is 0 Å². The predicted molar refractivity (Wildman–Crippen MR) is 283 cm³/mol. The molecule has 1 fully saturated rings. The normalized spacial score (nSPS) is 19.3. The average Bonchev–Trinajstić information content (AvgIpc) is 3.34. The summed E-state index contributed by atoms with van der Waals surface area (Å²) in [4.78, 5) is 25.1. The second-order valence-corrected chi connectivity index (χ2v) is 20.7. The van der Waals surface area contributed by atoms with Crippen LogP contribution in [0.3, 0.4) is 0 Å². The number of allylic oxidation sites excluding steroid dienone is 1. The van der Waals surface area contributed by atoms with Crippen molar-refractivity contribution >= 4 is 11.9 Å². The number of amides is 1. The molecule has 1 heterocycles. The third-order valence-corrected chi connectivity index (χ3v) is 14.2. The topological polar surface area (TPSA) is 175 Å². The minimum atomic E-state index is -1.57. The summed E-state index contributed by atoms with van der Waals surface area (Å²) >= 11 is 0. The van der Waals surface area contributed by atoms with Crippen LogP contribution in [0.15, 0.2) is 12.2 Å². The summed E-state index contributed by atoms with van der Waals surface area (Å²) in [5.74, 6) is -0.197. The first-order chi connectivity index (χ1) is 33.7. The summed E-state index contributed by atoms with van der Waals surface area (Å²) in [6.07, 6.45) is 45.7. The number of nitrogens with one attached hydrogen (secondary N) is 1. The summed E-state index contributed by atoms with van der Waals surface area (Å²) in [5, 5.41) is 54.4. The second-order valence-electron chi connectivity index (χ2n) is 20.7. The largest absolute Gasteiger partial charge is 0.466 e. The second kappa shape index (κ2) is 48.7. The van der Waals surface area contributed by atoms with Crippen molar-refractivity contribution in [1.82, 2.24) is 5.32 Å². The highest BCUT2D eigenvalue weighted by Crippen LogP contribution is 2.23. The quantitative estimate of drug-likeness (QED) is 0.0195. The van der Waals surface area contributed by atoms with Crippen molar-refractivity contribution in [3.8, 4) is 0 Å². The molecule has 0 bridgehead atoms. The Morgan fingerprint density at radius 1 is 0.522 bits per heavy atom. The van der Waals surface area contributed by atoms with Gasteiger partial charge in [0, 0.05) is 12.8 Å². The van der Waals surface area contributed by atoms with Crippen molar-refractivity contribution in [2.45, 2.75) is 326 Å². The van der Waals surface area contributed by atoms with E-state index in [1.807, 2.05) is 6.08 Å². The predicted octanol–water partition coefficient (Wildman–Crippen LogP) is 13.2. The first-order valence-electron chi connectivity index (χ1n) is 29.5. The van der Waals surface area contributed by atoms with Crippen LogP contribution in [0.1, 0.15) is 284 Å². The van der Waals surface area contributed by atoms with E-state index in [4.69, 9.17) is 14.2 Å². The zero-order valence-electron chi connectivity index (χ0n) is 44.8. The van der Waals surface area contributed by atoms with Crippen LogP contribution in [0.25, 0.3) is 0 Å². The summed E-state index contributed by atoms with van der Waals surface area (Å²) in [6, 6.07) is -0.812. The molecular formula is C58H111NO10. The Morgan fingerprint density at radius 2 is 0.913 bits per heavy atom. The van der Waals surface area contributed by atoms with E-state index in [9.17, 15) is 35.1 Å². The van der Waals surface area contributed by atoms with Gasteiger partial charge in [-0.15, -0.1) is 0 Å². The number of rotatable bonds is 51. The van der Waals surface area contributed by atoms with E-state index in [0.29, 0.717) is 19.4 Å². The van der Waals surface area contributed by atoms with Gasteiger partial charge in [-0.2, -0.15) is 0 Å². The van der Waals surface area contributed by atoms with Gasteiger partial charge in [-0.1, -0.05) is 251 Å². The van der Waals surface area contributed by atoms with Gasteiger partial charge in [0.15, 0.2) is 6.29 Å². The standard InChI is InChI=1S/C58H111NO10/c1-3-5-7-9-11-13-15-21-25-28-32-36-40-44-51(61)50(49-68-58-57(66)56(65)55(64)52(48-60)69-58)59-53(62)45-41-37-33-29-26-22-19-17-16-18-20-23-27-31-35-39-43-47-67-54(63)46-42-38-34-30-24-14-12-10-8-6-4-2/h40,44,50-52,55-58,60-61,64-66H,3-39,41-43,45-49H2,1-2H3,(H,59,62)/b44-40+. The van der Waals surface area contributed by atoms with Gasteiger partial charge in [-0.3, -0.25) is 9.59 Å². The van der Waals surface area contributed by atoms with Gasteiger partial charge in [-0.05, 0) is 32.1 Å². The molecule has 1 rings (SSSR count). The SMILES string of the molecule is CCCCCCCCCCCCC/C=C/C(O)C(COC1OC(CO)C(O)C(O)C1O)NC(=O)CCCCCCCCCCCCCCCCCCCOC(=O)CCCCCCCCCCCCC. The molecule has 11 nitrogen and oxygen atoms in total. The Kier molecular flexibility index (Phi) is 46.1. The van der Waals surface area contributed by atoms with E-state index < -0.39 is 49.5 Å². The highest BCUT2D eigenvalue weighted by molar-refractivity contribution is 5.76. The van der Waals surface area contributed by atoms with Crippen LogP contribution in [-0.2, 0) is 23.8 Å². The molecule has 408 valence electrons. The lowest BCUT2D eigenvalue weighted by atomic mass is 9.99. The molecule has 0 aromatic rings. The van der Waals surface area contributed by atoms with Crippen LogP contribution in [0.2, 0.25) is 0 Å². The number of esters is 1. The number of hydrogen-bond donors (Lipinski definition) is 6. The Hall–Kier alpha value is -1.60. The van der Waals surface area contributed by atoms with E-state index in [2.05, 4.69) is 19.2 Å². The maximum Gasteiger partial charge on any atom is 0.305 e. The zero-order chi connectivity index (χ0) is 50.3. The highest BCUT2D eigenvalue weighted by atomic mass is 16.7. The molecule has 6 N–H and O–H groups in total. The smallest absolute Gasteiger partial charge is 0.305 e. The maximum absolute atomic E-state index is 13.0. The van der Waals surface area contributed by atoms with Gasteiger partial charge in [0.2, 0.25) is 5.91 Å². The van der Waals surface area contributed by atoms with E-state index in [1.54, 1.807) is 6.08 Å². The molecule has 0 saturated carbocycles. The molecule has 1 saturated heterocycles. The third-order valence-electron chi connectivity index (χ3n) is 14.2. The lowest BCUT2D eigenvalue weighted by Crippen LogP contribution is -2.60. The van der Waals surface area contributed by atoms with E-state index in [-0.39, 0.29) is 18.5 Å². The van der Waals surface area contributed by atoms with Crippen LogP contribution in [0.4, 0.5) is 0 Å². The average molecular weight is 983 g/mol. The van der Waals surface area contributed by atoms with Crippen LogP contribution < -0.4 is 5.32 Å². The number of ether oxygens (including phenoxy) is 3. The third kappa shape index (κ3) is 38.7. The summed E-state index contributed by atoms with van der Waals surface area (Å²) in [6.45, 7) is 4.33. The minimum absolute atomic E-state index is 0.0113. The monoisotopic (exact) mass is 982 g/mol. The Labute approximate surface area is 423 Å². The molecule has 0 radical (unpaired) electrons. The molecule has 69 heavy (non-hydrogen) atoms. The molecule has 0 spiro atoms. The Morgan fingerprint density at radius 3 is 1.35 bits per heavy atom. The van der Waals surface area contributed by atoms with Crippen molar-refractivity contribution in [2.75, 3.05) is 19.8 Å². The van der Waals surface area contributed by atoms with E-state index in [1.165, 1.54) is 193 Å². The molecule has 1 aliphatic rings. The number of hydrogen-bond acceptors (Lipinski definition) is 10. The minimum Gasteiger partial charge on any atom is -0.466 e. The van der Waals surface area contributed by atoms with Crippen molar-refractivity contribution in [2.24, 2.45) is 0 Å². The van der Waals surface area contributed by atoms with Crippen LogP contribution in [0.5, 0.6) is 0 Å². The van der Waals surface area contributed by atoms with Gasteiger partial charge < -0.3 is 45.1 Å². The molecule has 11 heteroatoms. The molecule has 1 amide bonds. The van der Waals surface area contributed by atoms with Crippen LogP contribution >= 0.6 is 0 Å². The molecule has 1 aliphatic heterocycles.